The lowest BCUT2D eigenvalue weighted by molar-refractivity contribution is -0.0189. The molecule has 3 saturated heterocycles. The van der Waals surface area contributed by atoms with Gasteiger partial charge in [-0.05, 0) is 119 Å². The van der Waals surface area contributed by atoms with Crippen molar-refractivity contribution in [3.8, 4) is 28.3 Å². The van der Waals surface area contributed by atoms with Crippen LogP contribution in [0.1, 0.15) is 72.3 Å². The Hall–Kier alpha value is -4.79. The molecule has 0 saturated carbocycles. The van der Waals surface area contributed by atoms with Gasteiger partial charge >= 0.3 is 12.1 Å². The molecule has 4 aromatic rings. The third-order valence-corrected chi connectivity index (χ3v) is 11.6. The fourth-order valence-electron chi connectivity index (χ4n) is 8.45. The monoisotopic (exact) mass is 813 g/mol. The minimum absolute atomic E-state index is 0.0165. The van der Waals surface area contributed by atoms with Gasteiger partial charge in [-0.1, -0.05) is 13.8 Å². The lowest BCUT2D eigenvalue weighted by atomic mass is 9.95. The number of hydrogen-bond acceptors (Lipinski definition) is 9. The Morgan fingerprint density at radius 3 is 2.37 bits per heavy atom. The number of amides is 3. The highest BCUT2D eigenvalue weighted by Gasteiger charge is 2.35. The van der Waals surface area contributed by atoms with Crippen molar-refractivity contribution in [2.45, 2.75) is 97.6 Å². The van der Waals surface area contributed by atoms with Crippen LogP contribution in [0.5, 0.6) is 5.75 Å². The molecule has 3 aliphatic rings. The number of fused-ring (bicyclic) bond motifs is 1. The Balaban J connectivity index is 0.907. The van der Waals surface area contributed by atoms with Crippen molar-refractivity contribution in [3.63, 3.8) is 0 Å². The molecule has 3 N–H and O–H groups in total. The second-order valence-electron chi connectivity index (χ2n) is 17.8. The second kappa shape index (κ2) is 18.2. The molecule has 59 heavy (non-hydrogen) atoms. The standard InChI is InChI=1S/C45H60FN7O6/c1-28(2)21-31-25-53(26-40(31)54)43(55)50-38-23-32(46)22-36(29(38)3)41-37-24-39(49-42(37)48-27-47-41)30-7-9-34(10-8-30)58-35-11-15-51(16-12-35)19-20-57-33-13-17-52(18-14-33)44(56)59-45(4,5)6/h7-10,22-24,27-28,31,33,35,40,54H,11-21,25-26H2,1-6H3,(H,50,55)(H,47,48,49)/t31-,40-/m0/s1. The SMILES string of the molecule is Cc1c(NC(=O)N2C[C@H](CC(C)C)[C@@H](O)C2)cc(F)cc1-c1ncnc2[nH]c(-c3ccc(OC4CCN(CCOC5CCN(C(=O)OC(C)(C)C)CC5)CC4)cc3)cc12. The van der Waals surface area contributed by atoms with Crippen LogP contribution in [-0.2, 0) is 9.47 Å². The van der Waals surface area contributed by atoms with Gasteiger partial charge in [0.2, 0.25) is 0 Å². The van der Waals surface area contributed by atoms with Gasteiger partial charge in [0.25, 0.3) is 0 Å². The molecule has 7 rings (SSSR count). The summed E-state index contributed by atoms with van der Waals surface area (Å²) in [5.74, 6) is 0.742. The number of likely N-dealkylation sites (tertiary alicyclic amines) is 3. The lowest BCUT2D eigenvalue weighted by Crippen LogP contribution is -2.44. The lowest BCUT2D eigenvalue weighted by Gasteiger charge is -2.34. The minimum Gasteiger partial charge on any atom is -0.490 e. The minimum atomic E-state index is -0.578. The van der Waals surface area contributed by atoms with Gasteiger partial charge in [0.05, 0.1) is 24.5 Å². The Morgan fingerprint density at radius 1 is 0.966 bits per heavy atom. The van der Waals surface area contributed by atoms with E-state index in [0.717, 1.165) is 74.1 Å². The molecule has 0 aliphatic carbocycles. The van der Waals surface area contributed by atoms with Crippen LogP contribution in [-0.4, -0.2) is 123 Å². The molecule has 3 aliphatic heterocycles. The number of H-pyrrole nitrogens is 1. The number of halogens is 1. The number of β-amino-alcohol motifs (C(OH)–C–C–N with tert-alkyl or cyclic N) is 1. The summed E-state index contributed by atoms with van der Waals surface area (Å²) in [4.78, 5) is 43.9. The first-order valence-electron chi connectivity index (χ1n) is 21.2. The maximum atomic E-state index is 15.2. The zero-order valence-corrected chi connectivity index (χ0v) is 35.3. The summed E-state index contributed by atoms with van der Waals surface area (Å²) in [5, 5.41) is 14.2. The van der Waals surface area contributed by atoms with Crippen molar-refractivity contribution in [2.24, 2.45) is 11.8 Å². The molecule has 0 bridgehead atoms. The van der Waals surface area contributed by atoms with Crippen molar-refractivity contribution in [2.75, 3.05) is 57.7 Å². The van der Waals surface area contributed by atoms with Gasteiger partial charge in [0, 0.05) is 74.1 Å². The fourth-order valence-corrected chi connectivity index (χ4v) is 8.45. The van der Waals surface area contributed by atoms with Crippen LogP contribution in [0.15, 0.2) is 48.8 Å². The second-order valence-corrected chi connectivity index (χ2v) is 17.8. The van der Waals surface area contributed by atoms with E-state index in [4.69, 9.17) is 14.2 Å². The number of rotatable bonds is 11. The number of nitrogens with one attached hydrogen (secondary N) is 2. The number of nitrogens with zero attached hydrogens (tertiary/aromatic N) is 5. The van der Waals surface area contributed by atoms with Crippen LogP contribution in [0.2, 0.25) is 0 Å². The van der Waals surface area contributed by atoms with E-state index in [9.17, 15) is 14.7 Å². The predicted molar refractivity (Wildman–Crippen MR) is 226 cm³/mol. The van der Waals surface area contributed by atoms with Crippen LogP contribution in [0.25, 0.3) is 33.5 Å². The van der Waals surface area contributed by atoms with E-state index < -0.39 is 17.5 Å². The Bertz CT molecular complexity index is 2070. The topological polar surface area (TPSA) is 145 Å². The largest absolute Gasteiger partial charge is 0.490 e. The maximum absolute atomic E-state index is 15.2. The molecule has 0 spiro atoms. The molecule has 2 aromatic carbocycles. The van der Waals surface area contributed by atoms with Gasteiger partial charge in [-0.2, -0.15) is 0 Å². The van der Waals surface area contributed by atoms with E-state index in [0.29, 0.717) is 60.3 Å². The van der Waals surface area contributed by atoms with Gasteiger partial charge in [-0.25, -0.2) is 23.9 Å². The molecule has 13 nitrogen and oxygen atoms in total. The van der Waals surface area contributed by atoms with E-state index in [1.807, 2.05) is 58.0 Å². The van der Waals surface area contributed by atoms with Crippen molar-refractivity contribution in [3.05, 3.63) is 60.2 Å². The average Bonchev–Trinajstić information content (AvgIpc) is 3.80. The molecule has 3 amide bonds. The number of aliphatic hydroxyl groups excluding tert-OH is 1. The zero-order valence-electron chi connectivity index (χ0n) is 35.3. The molecule has 2 atom stereocenters. The number of carbonyl (C=O) groups excluding carboxylic acids is 2. The third kappa shape index (κ3) is 10.7. The van der Waals surface area contributed by atoms with Crippen LogP contribution < -0.4 is 10.1 Å². The summed E-state index contributed by atoms with van der Waals surface area (Å²) < 4.78 is 33.3. The molecular formula is C45H60FN7O6. The first-order chi connectivity index (χ1) is 28.2. The molecule has 0 unspecified atom stereocenters. The Kier molecular flexibility index (Phi) is 13.1. The van der Waals surface area contributed by atoms with E-state index in [1.54, 1.807) is 9.80 Å². The normalized spacial score (nSPS) is 19.8. The zero-order chi connectivity index (χ0) is 41.8. The molecular weight excluding hydrogens is 754 g/mol. The Labute approximate surface area is 346 Å². The molecule has 14 heteroatoms. The van der Waals surface area contributed by atoms with Crippen molar-refractivity contribution >= 4 is 28.8 Å². The number of ether oxygens (including phenoxy) is 3. The van der Waals surface area contributed by atoms with E-state index >= 15 is 4.39 Å². The number of hydrogen-bond donors (Lipinski definition) is 3. The van der Waals surface area contributed by atoms with Crippen molar-refractivity contribution in [1.82, 2.24) is 29.7 Å². The van der Waals surface area contributed by atoms with E-state index in [-0.39, 0.29) is 36.8 Å². The van der Waals surface area contributed by atoms with Crippen LogP contribution in [0.3, 0.4) is 0 Å². The highest BCUT2D eigenvalue weighted by Crippen LogP contribution is 2.36. The van der Waals surface area contributed by atoms with Crippen molar-refractivity contribution < 1.29 is 33.3 Å². The van der Waals surface area contributed by atoms with Gasteiger partial charge in [-0.15, -0.1) is 0 Å². The number of aromatic nitrogens is 3. The summed E-state index contributed by atoms with van der Waals surface area (Å²) in [7, 11) is 0. The van der Waals surface area contributed by atoms with Gasteiger partial charge in [0.15, 0.2) is 0 Å². The molecule has 2 aromatic heterocycles. The van der Waals surface area contributed by atoms with E-state index in [2.05, 4.69) is 39.0 Å². The number of aromatic amines is 1. The Morgan fingerprint density at radius 2 is 1.68 bits per heavy atom. The quantitative estimate of drug-likeness (QED) is 0.138. The summed E-state index contributed by atoms with van der Waals surface area (Å²) in [5.41, 5.74) is 4.05. The molecule has 3 fully saturated rings. The summed E-state index contributed by atoms with van der Waals surface area (Å²) in [6, 6.07) is 12.4. The predicted octanol–water partition coefficient (Wildman–Crippen LogP) is 7.87. The van der Waals surface area contributed by atoms with Gasteiger partial charge in [-0.3, -0.25) is 0 Å². The number of benzene rings is 2. The highest BCUT2D eigenvalue weighted by atomic mass is 19.1. The van der Waals surface area contributed by atoms with Gasteiger partial charge in [0.1, 0.15) is 35.2 Å². The highest BCUT2D eigenvalue weighted by molar-refractivity contribution is 5.97. The first kappa shape index (κ1) is 42.3. The number of carbonyl (C=O) groups is 2. The van der Waals surface area contributed by atoms with Crippen LogP contribution in [0.4, 0.5) is 19.7 Å². The van der Waals surface area contributed by atoms with E-state index in [1.165, 1.54) is 18.5 Å². The fraction of sp³-hybridized carbons (Fsp3) is 0.556. The third-order valence-electron chi connectivity index (χ3n) is 11.6. The van der Waals surface area contributed by atoms with Crippen LogP contribution in [0, 0.1) is 24.6 Å². The molecule has 0 radical (unpaired) electrons. The van der Waals surface area contributed by atoms with Crippen LogP contribution >= 0.6 is 0 Å². The summed E-state index contributed by atoms with van der Waals surface area (Å²) in [6.45, 7) is 17.2. The van der Waals surface area contributed by atoms with Gasteiger partial charge < -0.3 is 44.3 Å². The van der Waals surface area contributed by atoms with Crippen molar-refractivity contribution in [1.29, 1.82) is 0 Å². The number of anilines is 1. The molecule has 5 heterocycles. The summed E-state index contributed by atoms with van der Waals surface area (Å²) in [6.07, 6.45) is 5.29. The smallest absolute Gasteiger partial charge is 0.410 e. The molecule has 318 valence electrons. The number of urea groups is 1. The average molecular weight is 814 g/mol. The summed E-state index contributed by atoms with van der Waals surface area (Å²) >= 11 is 0. The first-order valence-corrected chi connectivity index (χ1v) is 21.2. The number of piperidine rings is 2. The number of aliphatic hydroxyl groups is 1. The maximum Gasteiger partial charge on any atom is 0.410 e.